The monoisotopic (exact) mass is 513 g/mol. The van der Waals surface area contributed by atoms with Gasteiger partial charge in [0, 0.05) is 22.5 Å². The zero-order valence-electron chi connectivity index (χ0n) is 20.5. The fraction of sp³-hybridized carbons (Fsp3) is 0.423. The number of aryl methyl sites for hydroxylation is 1. The second-order valence-corrected chi connectivity index (χ2v) is 10.7. The third-order valence-electron chi connectivity index (χ3n) is 6.68. The lowest BCUT2D eigenvalue weighted by atomic mass is 10.1. The topological polar surface area (TPSA) is 128 Å². The van der Waals surface area contributed by atoms with Crippen molar-refractivity contribution in [2.45, 2.75) is 50.8 Å². The van der Waals surface area contributed by atoms with Gasteiger partial charge in [-0.15, -0.1) is 0 Å². The predicted molar refractivity (Wildman–Crippen MR) is 136 cm³/mol. The molecular weight excluding hydrogens is 482 g/mol. The normalized spacial score (nSPS) is 16.4. The fourth-order valence-corrected chi connectivity index (χ4v) is 5.90. The Morgan fingerprint density at radius 2 is 1.83 bits per heavy atom. The number of hydrogen-bond acceptors (Lipinski definition) is 6. The molecule has 0 saturated heterocycles. The second-order valence-electron chi connectivity index (χ2n) is 9.17. The molecule has 1 saturated carbocycles. The average Bonchev–Trinajstić information content (AvgIpc) is 3.51. The lowest BCUT2D eigenvalue weighted by Gasteiger charge is -2.26. The number of carbonyl (C=O) groups is 3. The van der Waals surface area contributed by atoms with Gasteiger partial charge < -0.3 is 25.4 Å². The SMILES string of the molecule is Cc1cccc(N(CC(=O)NC2CCCC2)C(=O)CS(=O)C(C(N)=O)c2ccc3c(c2)OCO3)c1C. The summed E-state index contributed by atoms with van der Waals surface area (Å²) < 4.78 is 24.0. The number of nitrogens with one attached hydrogen (secondary N) is 1. The molecule has 4 rings (SSSR count). The maximum Gasteiger partial charge on any atom is 0.240 e. The summed E-state index contributed by atoms with van der Waals surface area (Å²) >= 11 is 0. The highest BCUT2D eigenvalue weighted by Crippen LogP contribution is 2.35. The van der Waals surface area contributed by atoms with Crippen LogP contribution in [0.1, 0.15) is 47.6 Å². The second kappa shape index (κ2) is 11.1. The van der Waals surface area contributed by atoms with Gasteiger partial charge in [0.1, 0.15) is 17.5 Å². The molecule has 0 spiro atoms. The van der Waals surface area contributed by atoms with Crippen molar-refractivity contribution in [3.8, 4) is 11.5 Å². The molecule has 0 aromatic heterocycles. The number of fused-ring (bicyclic) bond motifs is 1. The van der Waals surface area contributed by atoms with E-state index in [2.05, 4.69) is 5.32 Å². The van der Waals surface area contributed by atoms with Crippen LogP contribution in [0.3, 0.4) is 0 Å². The van der Waals surface area contributed by atoms with Crippen LogP contribution in [-0.4, -0.2) is 47.1 Å². The largest absolute Gasteiger partial charge is 0.454 e. The molecule has 1 aliphatic carbocycles. The Balaban J connectivity index is 1.56. The van der Waals surface area contributed by atoms with Crippen molar-refractivity contribution in [1.82, 2.24) is 5.32 Å². The molecule has 2 aromatic carbocycles. The van der Waals surface area contributed by atoms with Crippen LogP contribution in [0.25, 0.3) is 0 Å². The minimum atomic E-state index is -1.98. The summed E-state index contributed by atoms with van der Waals surface area (Å²) in [5.74, 6) is -1.18. The smallest absolute Gasteiger partial charge is 0.240 e. The van der Waals surface area contributed by atoms with Crippen LogP contribution in [0.2, 0.25) is 0 Å². The molecule has 2 unspecified atom stereocenters. The number of hydrogen-bond donors (Lipinski definition) is 2. The molecule has 1 heterocycles. The van der Waals surface area contributed by atoms with Crippen LogP contribution in [0.15, 0.2) is 36.4 Å². The van der Waals surface area contributed by atoms with E-state index in [1.165, 1.54) is 4.90 Å². The molecule has 1 aliphatic heterocycles. The van der Waals surface area contributed by atoms with Crippen LogP contribution in [0.4, 0.5) is 5.69 Å². The molecule has 192 valence electrons. The van der Waals surface area contributed by atoms with E-state index >= 15 is 0 Å². The molecule has 0 bridgehead atoms. The van der Waals surface area contributed by atoms with Gasteiger partial charge in [-0.05, 0) is 61.6 Å². The standard InChI is InChI=1S/C26H31N3O6S/c1-16-6-5-9-20(17(16)2)29(13-23(30)28-19-7-3-4-8-19)24(31)14-36(33)25(26(27)32)18-10-11-21-22(12-18)35-15-34-21/h5-6,9-12,19,25H,3-4,7-8,13-15H2,1-2H3,(H2,27,32)(H,28,30). The van der Waals surface area contributed by atoms with Gasteiger partial charge in [0.25, 0.3) is 0 Å². The first-order chi connectivity index (χ1) is 17.2. The summed E-state index contributed by atoms with van der Waals surface area (Å²) in [5.41, 5.74) is 8.33. The third-order valence-corrected chi connectivity index (χ3v) is 8.24. The van der Waals surface area contributed by atoms with E-state index in [4.69, 9.17) is 15.2 Å². The van der Waals surface area contributed by atoms with Crippen molar-refractivity contribution in [2.24, 2.45) is 5.73 Å². The van der Waals surface area contributed by atoms with E-state index in [0.717, 1.165) is 36.8 Å². The number of carbonyl (C=O) groups excluding carboxylic acids is 3. The first kappa shape index (κ1) is 25.7. The number of nitrogens with zero attached hydrogens (tertiary/aromatic N) is 1. The maximum atomic E-state index is 13.5. The van der Waals surface area contributed by atoms with Crippen molar-refractivity contribution >= 4 is 34.2 Å². The number of primary amides is 1. The van der Waals surface area contributed by atoms with E-state index < -0.39 is 33.6 Å². The minimum absolute atomic E-state index is 0.0509. The zero-order valence-corrected chi connectivity index (χ0v) is 21.3. The van der Waals surface area contributed by atoms with E-state index in [9.17, 15) is 18.6 Å². The number of nitrogens with two attached hydrogens (primary N) is 1. The Bertz CT molecular complexity index is 1190. The van der Waals surface area contributed by atoms with Gasteiger partial charge in [-0.2, -0.15) is 0 Å². The minimum Gasteiger partial charge on any atom is -0.454 e. The number of ether oxygens (including phenoxy) is 2. The highest BCUT2D eigenvalue weighted by Gasteiger charge is 2.31. The van der Waals surface area contributed by atoms with E-state index in [1.807, 2.05) is 26.0 Å². The van der Waals surface area contributed by atoms with E-state index in [0.29, 0.717) is 22.7 Å². The van der Waals surface area contributed by atoms with Crippen LogP contribution in [-0.2, 0) is 25.2 Å². The van der Waals surface area contributed by atoms with Gasteiger partial charge in [-0.1, -0.05) is 31.0 Å². The maximum absolute atomic E-state index is 13.5. The molecular formula is C26H31N3O6S. The number of rotatable bonds is 9. The Labute approximate surface area is 212 Å². The molecule has 0 radical (unpaired) electrons. The number of anilines is 1. The summed E-state index contributed by atoms with van der Waals surface area (Å²) in [6.07, 6.45) is 3.97. The Kier molecular flexibility index (Phi) is 7.93. The number of amides is 3. The van der Waals surface area contributed by atoms with E-state index in [-0.39, 0.29) is 25.3 Å². The first-order valence-corrected chi connectivity index (χ1v) is 13.3. The highest BCUT2D eigenvalue weighted by molar-refractivity contribution is 7.86. The summed E-state index contributed by atoms with van der Waals surface area (Å²) in [5, 5.41) is 1.78. The van der Waals surface area contributed by atoms with Gasteiger partial charge in [-0.25, -0.2) is 0 Å². The lowest BCUT2D eigenvalue weighted by molar-refractivity contribution is -0.123. The molecule has 10 heteroatoms. The Hall–Kier alpha value is -3.40. The van der Waals surface area contributed by atoms with Gasteiger partial charge >= 0.3 is 0 Å². The number of benzene rings is 2. The fourth-order valence-electron chi connectivity index (χ4n) is 4.63. The van der Waals surface area contributed by atoms with Crippen LogP contribution in [0.5, 0.6) is 11.5 Å². The Morgan fingerprint density at radius 3 is 2.56 bits per heavy atom. The van der Waals surface area contributed by atoms with Crippen molar-refractivity contribution in [1.29, 1.82) is 0 Å². The third kappa shape index (κ3) is 5.70. The predicted octanol–water partition coefficient (Wildman–Crippen LogP) is 2.40. The molecule has 9 nitrogen and oxygen atoms in total. The van der Waals surface area contributed by atoms with Crippen LogP contribution < -0.4 is 25.4 Å². The first-order valence-electron chi connectivity index (χ1n) is 12.0. The van der Waals surface area contributed by atoms with Crippen molar-refractivity contribution < 1.29 is 28.1 Å². The van der Waals surface area contributed by atoms with Gasteiger partial charge in [0.05, 0.1) is 0 Å². The zero-order chi connectivity index (χ0) is 25.8. The van der Waals surface area contributed by atoms with Gasteiger partial charge in [-0.3, -0.25) is 18.6 Å². The Morgan fingerprint density at radius 1 is 1.11 bits per heavy atom. The molecule has 2 aliphatic rings. The molecule has 2 atom stereocenters. The molecule has 1 fully saturated rings. The van der Waals surface area contributed by atoms with Crippen molar-refractivity contribution in [2.75, 3.05) is 24.0 Å². The lowest BCUT2D eigenvalue weighted by Crippen LogP contribution is -2.45. The highest BCUT2D eigenvalue weighted by atomic mass is 32.2. The summed E-state index contributed by atoms with van der Waals surface area (Å²) in [6, 6.07) is 10.3. The van der Waals surface area contributed by atoms with Gasteiger partial charge in [0.2, 0.25) is 24.5 Å². The molecule has 36 heavy (non-hydrogen) atoms. The van der Waals surface area contributed by atoms with Crippen LogP contribution in [0, 0.1) is 13.8 Å². The summed E-state index contributed by atoms with van der Waals surface area (Å²) in [4.78, 5) is 40.0. The summed E-state index contributed by atoms with van der Waals surface area (Å²) in [7, 11) is -1.98. The molecule has 3 amide bonds. The quantitative estimate of drug-likeness (QED) is 0.530. The average molecular weight is 514 g/mol. The van der Waals surface area contributed by atoms with Crippen molar-refractivity contribution in [3.05, 3.63) is 53.1 Å². The molecule has 3 N–H and O–H groups in total. The van der Waals surface area contributed by atoms with Crippen molar-refractivity contribution in [3.63, 3.8) is 0 Å². The van der Waals surface area contributed by atoms with Crippen LogP contribution >= 0.6 is 0 Å². The van der Waals surface area contributed by atoms with E-state index in [1.54, 1.807) is 24.3 Å². The summed E-state index contributed by atoms with van der Waals surface area (Å²) in [6.45, 7) is 3.63. The van der Waals surface area contributed by atoms with Gasteiger partial charge in [0.15, 0.2) is 11.5 Å². The molecule has 2 aromatic rings.